The smallest absolute Gasteiger partial charge is 0.231 e. The molecule has 0 saturated carbocycles. The maximum atomic E-state index is 5.43. The minimum atomic E-state index is 0.301. The Hall–Kier alpha value is -2.94. The minimum absolute atomic E-state index is 0.301. The maximum absolute atomic E-state index is 5.43. The van der Waals surface area contributed by atoms with Gasteiger partial charge in [0.1, 0.15) is 0 Å². The van der Waals surface area contributed by atoms with Crippen LogP contribution in [0.4, 0.5) is 11.4 Å². The molecule has 3 aromatic rings. The van der Waals surface area contributed by atoms with Crippen molar-refractivity contribution in [3.63, 3.8) is 0 Å². The average Bonchev–Trinajstić information content (AvgIpc) is 3.17. The zero-order valence-corrected chi connectivity index (χ0v) is 12.5. The Bertz CT molecular complexity index is 917. The Kier molecular flexibility index (Phi) is 2.62. The largest absolute Gasteiger partial charge is 0.454 e. The minimum Gasteiger partial charge on any atom is -0.454 e. The van der Waals surface area contributed by atoms with Crippen molar-refractivity contribution in [1.29, 1.82) is 0 Å². The third-order valence-corrected chi connectivity index (χ3v) is 4.45. The van der Waals surface area contributed by atoms with E-state index in [2.05, 4.69) is 47.8 Å². The molecule has 5 rings (SSSR count). The van der Waals surface area contributed by atoms with E-state index in [1.807, 2.05) is 18.2 Å². The highest BCUT2D eigenvalue weighted by molar-refractivity contribution is 5.79. The van der Waals surface area contributed by atoms with Gasteiger partial charge in [-0.15, -0.1) is 0 Å². The van der Waals surface area contributed by atoms with Crippen molar-refractivity contribution >= 4 is 11.4 Å². The number of anilines is 2. The molecule has 23 heavy (non-hydrogen) atoms. The summed E-state index contributed by atoms with van der Waals surface area (Å²) in [6, 6.07) is 21.1. The number of hydrogen-bond donors (Lipinski definition) is 1. The topological polar surface area (TPSA) is 30.5 Å². The standard InChI is InChI=1S/C20H15NO2/c1-2-4-17-13(3-1)9-14-10-15(5-7-18(14)17)21-16-6-8-19-20(11-16)23-12-22-19/h1-8,10-11,21H,9,12H2. The summed E-state index contributed by atoms with van der Waals surface area (Å²) in [6.45, 7) is 0.301. The van der Waals surface area contributed by atoms with Gasteiger partial charge in [-0.2, -0.15) is 0 Å². The van der Waals surface area contributed by atoms with Crippen LogP contribution in [0.3, 0.4) is 0 Å². The predicted molar refractivity (Wildman–Crippen MR) is 90.5 cm³/mol. The van der Waals surface area contributed by atoms with E-state index < -0.39 is 0 Å². The summed E-state index contributed by atoms with van der Waals surface area (Å²) >= 11 is 0. The van der Waals surface area contributed by atoms with E-state index in [-0.39, 0.29) is 0 Å². The van der Waals surface area contributed by atoms with Crippen molar-refractivity contribution in [2.45, 2.75) is 6.42 Å². The molecule has 3 aromatic carbocycles. The van der Waals surface area contributed by atoms with Gasteiger partial charge >= 0.3 is 0 Å². The van der Waals surface area contributed by atoms with E-state index >= 15 is 0 Å². The first-order valence-corrected chi connectivity index (χ1v) is 7.75. The highest BCUT2D eigenvalue weighted by Gasteiger charge is 2.18. The second-order valence-electron chi connectivity index (χ2n) is 5.90. The third kappa shape index (κ3) is 2.05. The number of rotatable bonds is 2. The molecule has 0 unspecified atom stereocenters. The summed E-state index contributed by atoms with van der Waals surface area (Å²) in [6.07, 6.45) is 1.00. The normalized spacial score (nSPS) is 13.6. The Balaban J connectivity index is 1.46. The lowest BCUT2D eigenvalue weighted by atomic mass is 10.1. The van der Waals surface area contributed by atoms with Crippen molar-refractivity contribution in [3.8, 4) is 22.6 Å². The second kappa shape index (κ2) is 4.78. The van der Waals surface area contributed by atoms with Crippen LogP contribution in [0.2, 0.25) is 0 Å². The summed E-state index contributed by atoms with van der Waals surface area (Å²) in [5.41, 5.74) is 7.58. The van der Waals surface area contributed by atoms with Gasteiger partial charge in [-0.25, -0.2) is 0 Å². The molecule has 0 radical (unpaired) electrons. The van der Waals surface area contributed by atoms with E-state index in [1.165, 1.54) is 22.3 Å². The molecule has 3 heteroatoms. The molecule has 1 N–H and O–H groups in total. The fraction of sp³-hybridized carbons (Fsp3) is 0.100. The number of hydrogen-bond acceptors (Lipinski definition) is 3. The molecular formula is C20H15NO2. The monoisotopic (exact) mass is 301 g/mol. The lowest BCUT2D eigenvalue weighted by Crippen LogP contribution is -1.93. The fourth-order valence-electron chi connectivity index (χ4n) is 3.36. The number of fused-ring (bicyclic) bond motifs is 4. The molecule has 2 aliphatic rings. The fourth-order valence-corrected chi connectivity index (χ4v) is 3.36. The van der Waals surface area contributed by atoms with Crippen molar-refractivity contribution in [1.82, 2.24) is 0 Å². The van der Waals surface area contributed by atoms with Crippen LogP contribution in [0.5, 0.6) is 11.5 Å². The highest BCUT2D eigenvalue weighted by atomic mass is 16.7. The molecule has 0 bridgehead atoms. The van der Waals surface area contributed by atoms with Crippen LogP contribution in [-0.4, -0.2) is 6.79 Å². The van der Waals surface area contributed by atoms with Gasteiger partial charge < -0.3 is 14.8 Å². The first kappa shape index (κ1) is 12.6. The van der Waals surface area contributed by atoms with Crippen molar-refractivity contribution in [2.24, 2.45) is 0 Å². The van der Waals surface area contributed by atoms with Crippen LogP contribution in [-0.2, 0) is 6.42 Å². The molecule has 3 nitrogen and oxygen atoms in total. The van der Waals surface area contributed by atoms with Crippen molar-refractivity contribution < 1.29 is 9.47 Å². The van der Waals surface area contributed by atoms with Gasteiger partial charge in [-0.1, -0.05) is 30.3 Å². The van der Waals surface area contributed by atoms with Gasteiger partial charge in [0.15, 0.2) is 11.5 Å². The van der Waals surface area contributed by atoms with Crippen LogP contribution in [0.15, 0.2) is 60.7 Å². The molecule has 1 aliphatic carbocycles. The second-order valence-corrected chi connectivity index (χ2v) is 5.90. The molecular weight excluding hydrogens is 286 g/mol. The highest BCUT2D eigenvalue weighted by Crippen LogP contribution is 2.39. The van der Waals surface area contributed by atoms with E-state index in [0.29, 0.717) is 6.79 Å². The van der Waals surface area contributed by atoms with Gasteiger partial charge in [-0.3, -0.25) is 0 Å². The third-order valence-electron chi connectivity index (χ3n) is 4.45. The van der Waals surface area contributed by atoms with Gasteiger partial charge in [-0.05, 0) is 52.9 Å². The molecule has 112 valence electrons. The lowest BCUT2D eigenvalue weighted by Gasteiger charge is -2.09. The lowest BCUT2D eigenvalue weighted by molar-refractivity contribution is 0.174. The Morgan fingerprint density at radius 2 is 1.48 bits per heavy atom. The SMILES string of the molecule is c1ccc2c(c1)Cc1cc(Nc3ccc4c(c3)OCO4)ccc1-2. The van der Waals surface area contributed by atoms with E-state index in [4.69, 9.17) is 9.47 Å². The van der Waals surface area contributed by atoms with E-state index in [0.717, 1.165) is 29.3 Å². The van der Waals surface area contributed by atoms with E-state index in [9.17, 15) is 0 Å². The first-order chi connectivity index (χ1) is 11.4. The average molecular weight is 301 g/mol. The van der Waals surface area contributed by atoms with Crippen LogP contribution >= 0.6 is 0 Å². The van der Waals surface area contributed by atoms with Crippen molar-refractivity contribution in [2.75, 3.05) is 12.1 Å². The van der Waals surface area contributed by atoms with Gasteiger partial charge in [0.05, 0.1) is 0 Å². The number of nitrogens with one attached hydrogen (secondary N) is 1. The van der Waals surface area contributed by atoms with Crippen molar-refractivity contribution in [3.05, 3.63) is 71.8 Å². The molecule has 0 saturated heterocycles. The zero-order chi connectivity index (χ0) is 15.2. The molecule has 1 aliphatic heterocycles. The predicted octanol–water partition coefficient (Wildman–Crippen LogP) is 4.73. The Morgan fingerprint density at radius 1 is 0.696 bits per heavy atom. The zero-order valence-electron chi connectivity index (χ0n) is 12.5. The van der Waals surface area contributed by atoms with E-state index in [1.54, 1.807) is 0 Å². The van der Waals surface area contributed by atoms with Crippen LogP contribution in [0, 0.1) is 0 Å². The molecule has 0 fully saturated rings. The van der Waals surface area contributed by atoms with Crippen LogP contribution < -0.4 is 14.8 Å². The molecule has 1 heterocycles. The summed E-state index contributed by atoms with van der Waals surface area (Å²) in [5, 5.41) is 3.45. The Labute approximate surface area is 134 Å². The summed E-state index contributed by atoms with van der Waals surface area (Å²) in [4.78, 5) is 0. The van der Waals surface area contributed by atoms with Crippen LogP contribution in [0.25, 0.3) is 11.1 Å². The number of ether oxygens (including phenoxy) is 2. The molecule has 0 amide bonds. The summed E-state index contributed by atoms with van der Waals surface area (Å²) < 4.78 is 10.8. The first-order valence-electron chi connectivity index (χ1n) is 7.75. The number of benzene rings is 3. The molecule has 0 spiro atoms. The maximum Gasteiger partial charge on any atom is 0.231 e. The quantitative estimate of drug-likeness (QED) is 0.580. The van der Waals surface area contributed by atoms with Gasteiger partial charge in [0.2, 0.25) is 6.79 Å². The van der Waals surface area contributed by atoms with Crippen LogP contribution in [0.1, 0.15) is 11.1 Å². The van der Waals surface area contributed by atoms with Gasteiger partial charge in [0, 0.05) is 17.4 Å². The molecule has 0 atom stereocenters. The summed E-state index contributed by atoms with van der Waals surface area (Å²) in [5.74, 6) is 1.60. The Morgan fingerprint density at radius 3 is 2.48 bits per heavy atom. The summed E-state index contributed by atoms with van der Waals surface area (Å²) in [7, 11) is 0. The van der Waals surface area contributed by atoms with Gasteiger partial charge in [0.25, 0.3) is 0 Å². The molecule has 0 aromatic heterocycles.